The molecule has 78 valence electrons. The van der Waals surface area contributed by atoms with Crippen LogP contribution in [0, 0.1) is 0 Å². The normalized spacial score (nSPS) is 11.5. The number of nitrogens with one attached hydrogen (secondary N) is 2. The first-order chi connectivity index (χ1) is 6.76. The topological polar surface area (TPSA) is 54.2 Å². The van der Waals surface area contributed by atoms with Crippen LogP contribution in [0.3, 0.4) is 0 Å². The number of nitrogens with zero attached hydrogens (tertiary/aromatic N) is 3. The quantitative estimate of drug-likeness (QED) is 0.612. The molecule has 0 fully saturated rings. The maximum absolute atomic E-state index is 4.13. The Labute approximate surface area is 91.7 Å². The molecule has 0 spiro atoms. The molecule has 6 heteroatoms. The zero-order valence-corrected chi connectivity index (χ0v) is 9.87. The molecule has 1 heterocycles. The van der Waals surface area contributed by atoms with E-state index in [-0.39, 0.29) is 0 Å². The number of hydrogen-bond donors (Lipinski definition) is 2. The van der Waals surface area contributed by atoms with Crippen LogP contribution >= 0.6 is 15.9 Å². The fraction of sp³-hybridized carbons (Fsp3) is 0.500. The minimum Gasteiger partial charge on any atom is -0.359 e. The standard InChI is InChI=1S/C8H14BrN5/c1-10-8(11-2)12-3-4-14-6-7(9)5-13-14/h5-6H,3-4H2,1-2H3,(H2,10,11,12). The monoisotopic (exact) mass is 259 g/mol. The van der Waals surface area contributed by atoms with Crippen molar-refractivity contribution in [2.45, 2.75) is 6.54 Å². The number of hydrogen-bond acceptors (Lipinski definition) is 2. The summed E-state index contributed by atoms with van der Waals surface area (Å²) in [6.45, 7) is 1.61. The predicted molar refractivity (Wildman–Crippen MR) is 60.3 cm³/mol. The molecule has 14 heavy (non-hydrogen) atoms. The van der Waals surface area contributed by atoms with Crippen molar-refractivity contribution in [3.8, 4) is 0 Å². The second kappa shape index (κ2) is 5.64. The number of rotatable bonds is 3. The Hall–Kier alpha value is -1.04. The second-order valence-corrected chi connectivity index (χ2v) is 3.59. The Balaban J connectivity index is 2.28. The van der Waals surface area contributed by atoms with Gasteiger partial charge in [0.15, 0.2) is 5.96 Å². The van der Waals surface area contributed by atoms with E-state index in [9.17, 15) is 0 Å². The summed E-state index contributed by atoms with van der Waals surface area (Å²) < 4.78 is 2.86. The molecule has 0 aromatic carbocycles. The fourth-order valence-corrected chi connectivity index (χ4v) is 1.36. The molecule has 0 unspecified atom stereocenters. The van der Waals surface area contributed by atoms with Crippen molar-refractivity contribution in [3.05, 3.63) is 16.9 Å². The summed E-state index contributed by atoms with van der Waals surface area (Å²) in [6, 6.07) is 0. The molecule has 0 aliphatic heterocycles. The van der Waals surface area contributed by atoms with Crippen LogP contribution in [0.4, 0.5) is 0 Å². The molecule has 2 N–H and O–H groups in total. The smallest absolute Gasteiger partial charge is 0.190 e. The average Bonchev–Trinajstić information content (AvgIpc) is 2.59. The van der Waals surface area contributed by atoms with Gasteiger partial charge in [0.1, 0.15) is 0 Å². The molecule has 0 amide bonds. The Morgan fingerprint density at radius 1 is 1.71 bits per heavy atom. The maximum atomic E-state index is 4.13. The first-order valence-corrected chi connectivity index (χ1v) is 5.12. The van der Waals surface area contributed by atoms with Crippen LogP contribution in [0.5, 0.6) is 0 Å². The first kappa shape index (κ1) is 11.0. The Kier molecular flexibility index (Phi) is 4.45. The molecule has 0 radical (unpaired) electrons. The van der Waals surface area contributed by atoms with Crippen molar-refractivity contribution >= 4 is 21.9 Å². The van der Waals surface area contributed by atoms with Gasteiger partial charge in [-0.1, -0.05) is 0 Å². The van der Waals surface area contributed by atoms with Gasteiger partial charge in [-0.2, -0.15) is 5.10 Å². The van der Waals surface area contributed by atoms with E-state index in [0.29, 0.717) is 0 Å². The van der Waals surface area contributed by atoms with E-state index in [4.69, 9.17) is 0 Å². The fourth-order valence-electron chi connectivity index (χ4n) is 1.03. The third-order valence-electron chi connectivity index (χ3n) is 1.70. The predicted octanol–water partition coefficient (Wildman–Crippen LogP) is 0.440. The van der Waals surface area contributed by atoms with Crippen molar-refractivity contribution in [2.24, 2.45) is 4.99 Å². The molecule has 0 bridgehead atoms. The van der Waals surface area contributed by atoms with Gasteiger partial charge < -0.3 is 10.6 Å². The van der Waals surface area contributed by atoms with E-state index >= 15 is 0 Å². The van der Waals surface area contributed by atoms with E-state index < -0.39 is 0 Å². The summed E-state index contributed by atoms with van der Waals surface area (Å²) >= 11 is 3.34. The summed E-state index contributed by atoms with van der Waals surface area (Å²) in [5.74, 6) is 0.788. The Bertz CT molecular complexity index is 306. The SMILES string of the molecule is CN=C(NC)NCCn1cc(Br)cn1. The van der Waals surface area contributed by atoms with Gasteiger partial charge in [0.25, 0.3) is 0 Å². The third kappa shape index (κ3) is 3.37. The van der Waals surface area contributed by atoms with Crippen molar-refractivity contribution in [1.82, 2.24) is 20.4 Å². The molecule has 0 aliphatic carbocycles. The molecule has 0 aliphatic rings. The number of aromatic nitrogens is 2. The zero-order valence-electron chi connectivity index (χ0n) is 8.29. The molecule has 1 rings (SSSR count). The highest BCUT2D eigenvalue weighted by Crippen LogP contribution is 2.05. The van der Waals surface area contributed by atoms with Crippen molar-refractivity contribution < 1.29 is 0 Å². The lowest BCUT2D eigenvalue weighted by Gasteiger charge is -2.07. The van der Waals surface area contributed by atoms with Crippen LogP contribution in [-0.4, -0.2) is 36.4 Å². The summed E-state index contributed by atoms with van der Waals surface area (Å²) in [5, 5.41) is 10.2. The van der Waals surface area contributed by atoms with Gasteiger partial charge in [0.05, 0.1) is 17.2 Å². The number of guanidine groups is 1. The van der Waals surface area contributed by atoms with Gasteiger partial charge in [-0.3, -0.25) is 9.67 Å². The van der Waals surface area contributed by atoms with Crippen LogP contribution in [0.25, 0.3) is 0 Å². The van der Waals surface area contributed by atoms with Gasteiger partial charge >= 0.3 is 0 Å². The molecule has 1 aromatic rings. The molecular formula is C8H14BrN5. The van der Waals surface area contributed by atoms with Gasteiger partial charge in [-0.25, -0.2) is 0 Å². The van der Waals surface area contributed by atoms with E-state index in [2.05, 4.69) is 36.7 Å². The van der Waals surface area contributed by atoms with E-state index in [1.54, 1.807) is 13.2 Å². The van der Waals surface area contributed by atoms with Crippen molar-refractivity contribution in [2.75, 3.05) is 20.6 Å². The van der Waals surface area contributed by atoms with Gasteiger partial charge in [0.2, 0.25) is 0 Å². The highest BCUT2D eigenvalue weighted by molar-refractivity contribution is 9.10. The first-order valence-electron chi connectivity index (χ1n) is 4.32. The molecule has 0 saturated heterocycles. The zero-order chi connectivity index (χ0) is 10.4. The van der Waals surface area contributed by atoms with Gasteiger partial charge in [0, 0.05) is 26.8 Å². The summed E-state index contributed by atoms with van der Waals surface area (Å²) in [7, 11) is 3.57. The van der Waals surface area contributed by atoms with Crippen molar-refractivity contribution in [1.29, 1.82) is 0 Å². The van der Waals surface area contributed by atoms with Crippen LogP contribution in [-0.2, 0) is 6.54 Å². The molecule has 0 saturated carbocycles. The van der Waals surface area contributed by atoms with E-state index in [1.807, 2.05) is 17.9 Å². The lowest BCUT2D eigenvalue weighted by atomic mass is 10.6. The number of halogens is 1. The van der Waals surface area contributed by atoms with Gasteiger partial charge in [-0.05, 0) is 15.9 Å². The summed E-state index contributed by atoms with van der Waals surface area (Å²) in [6.07, 6.45) is 3.71. The minimum atomic E-state index is 0.788. The second-order valence-electron chi connectivity index (χ2n) is 2.67. The molecule has 1 aromatic heterocycles. The van der Waals surface area contributed by atoms with Crippen LogP contribution in [0.2, 0.25) is 0 Å². The summed E-state index contributed by atoms with van der Waals surface area (Å²) in [5.41, 5.74) is 0. The Morgan fingerprint density at radius 3 is 3.00 bits per heavy atom. The average molecular weight is 260 g/mol. The van der Waals surface area contributed by atoms with Crippen LogP contribution in [0.15, 0.2) is 21.9 Å². The minimum absolute atomic E-state index is 0.788. The van der Waals surface area contributed by atoms with Crippen LogP contribution in [0.1, 0.15) is 0 Å². The van der Waals surface area contributed by atoms with Crippen molar-refractivity contribution in [3.63, 3.8) is 0 Å². The summed E-state index contributed by atoms with van der Waals surface area (Å²) in [4.78, 5) is 4.00. The molecular weight excluding hydrogens is 246 g/mol. The highest BCUT2D eigenvalue weighted by atomic mass is 79.9. The Morgan fingerprint density at radius 2 is 2.50 bits per heavy atom. The van der Waals surface area contributed by atoms with Gasteiger partial charge in [-0.15, -0.1) is 0 Å². The van der Waals surface area contributed by atoms with E-state index in [1.165, 1.54) is 0 Å². The largest absolute Gasteiger partial charge is 0.359 e. The lowest BCUT2D eigenvalue weighted by molar-refractivity contribution is 0.599. The van der Waals surface area contributed by atoms with E-state index in [0.717, 1.165) is 23.5 Å². The molecule has 0 atom stereocenters. The maximum Gasteiger partial charge on any atom is 0.190 e. The lowest BCUT2D eigenvalue weighted by Crippen LogP contribution is -2.36. The highest BCUT2D eigenvalue weighted by Gasteiger charge is 1.95. The third-order valence-corrected chi connectivity index (χ3v) is 2.10. The molecule has 5 nitrogen and oxygen atoms in total. The number of aliphatic imine (C=N–C) groups is 1. The van der Waals surface area contributed by atoms with Crippen LogP contribution < -0.4 is 10.6 Å².